The van der Waals surface area contributed by atoms with Crippen molar-refractivity contribution in [1.82, 2.24) is 4.90 Å². The minimum Gasteiger partial charge on any atom is -0.459 e. The van der Waals surface area contributed by atoms with Crippen LogP contribution in [0.1, 0.15) is 31.9 Å². The van der Waals surface area contributed by atoms with E-state index in [0.717, 1.165) is 10.0 Å². The number of esters is 1. The number of hydrogen-bond donors (Lipinski definition) is 0. The molecule has 0 spiro atoms. The van der Waals surface area contributed by atoms with Gasteiger partial charge in [-0.1, -0.05) is 76.6 Å². The first-order valence-corrected chi connectivity index (χ1v) is 9.59. The summed E-state index contributed by atoms with van der Waals surface area (Å²) in [6.07, 6.45) is 2.08. The SMILES string of the molecule is CC(C)(C)OC(=O)[C@H]1C(/C(Br)=C/c2ccccc2)N1Cc1ccccc1. The lowest BCUT2D eigenvalue weighted by Gasteiger charge is -2.19. The van der Waals surface area contributed by atoms with Crippen molar-refractivity contribution in [3.8, 4) is 0 Å². The van der Waals surface area contributed by atoms with Gasteiger partial charge in [-0.3, -0.25) is 9.69 Å². The Hall–Kier alpha value is -1.91. The molecule has 2 aromatic rings. The molecule has 3 atom stereocenters. The summed E-state index contributed by atoms with van der Waals surface area (Å²) < 4.78 is 6.63. The summed E-state index contributed by atoms with van der Waals surface area (Å²) in [5, 5.41) is 0. The maximum Gasteiger partial charge on any atom is 0.325 e. The van der Waals surface area contributed by atoms with Crippen LogP contribution in [-0.2, 0) is 16.1 Å². The molecule has 0 radical (unpaired) electrons. The number of ether oxygens (including phenoxy) is 1. The smallest absolute Gasteiger partial charge is 0.325 e. The van der Waals surface area contributed by atoms with Gasteiger partial charge in [0.05, 0.1) is 6.04 Å². The first kappa shape index (κ1) is 18.9. The lowest BCUT2D eigenvalue weighted by atomic mass is 10.1. The Kier molecular flexibility index (Phi) is 5.64. The minimum atomic E-state index is -0.488. The summed E-state index contributed by atoms with van der Waals surface area (Å²) in [4.78, 5) is 14.8. The topological polar surface area (TPSA) is 29.3 Å². The van der Waals surface area contributed by atoms with E-state index < -0.39 is 5.60 Å². The zero-order chi connectivity index (χ0) is 18.7. The average molecular weight is 414 g/mol. The third-order valence-electron chi connectivity index (χ3n) is 4.17. The zero-order valence-electron chi connectivity index (χ0n) is 15.4. The molecule has 3 nitrogen and oxygen atoms in total. The Bertz CT molecular complexity index is 781. The third-order valence-corrected chi connectivity index (χ3v) is 4.86. The second-order valence-electron chi connectivity index (χ2n) is 7.52. The van der Waals surface area contributed by atoms with Crippen molar-refractivity contribution in [1.29, 1.82) is 0 Å². The Labute approximate surface area is 163 Å². The number of carbonyl (C=O) groups is 1. The third kappa shape index (κ3) is 4.83. The van der Waals surface area contributed by atoms with Crippen LogP contribution in [0.5, 0.6) is 0 Å². The van der Waals surface area contributed by atoms with Gasteiger partial charge in [-0.25, -0.2) is 0 Å². The van der Waals surface area contributed by atoms with E-state index in [1.54, 1.807) is 0 Å². The van der Waals surface area contributed by atoms with Crippen molar-refractivity contribution in [2.45, 2.75) is 45.0 Å². The first-order valence-electron chi connectivity index (χ1n) is 8.80. The fourth-order valence-electron chi connectivity index (χ4n) is 3.00. The summed E-state index contributed by atoms with van der Waals surface area (Å²) in [6.45, 7) is 6.42. The summed E-state index contributed by atoms with van der Waals surface area (Å²) in [7, 11) is 0. The molecule has 0 aromatic heterocycles. The van der Waals surface area contributed by atoms with Crippen LogP contribution in [0.2, 0.25) is 0 Å². The number of nitrogens with zero attached hydrogens (tertiary/aromatic N) is 1. The molecule has 4 heteroatoms. The summed E-state index contributed by atoms with van der Waals surface area (Å²) in [5.74, 6) is -0.170. The van der Waals surface area contributed by atoms with Gasteiger partial charge < -0.3 is 4.74 Å². The van der Waals surface area contributed by atoms with Crippen LogP contribution in [0.15, 0.2) is 65.1 Å². The largest absolute Gasteiger partial charge is 0.459 e. The van der Waals surface area contributed by atoms with Crippen LogP contribution < -0.4 is 0 Å². The van der Waals surface area contributed by atoms with Gasteiger partial charge in [0, 0.05) is 11.0 Å². The quantitative estimate of drug-likeness (QED) is 0.509. The fourth-order valence-corrected chi connectivity index (χ4v) is 3.77. The molecular weight excluding hydrogens is 390 g/mol. The lowest BCUT2D eigenvalue weighted by Crippen LogP contribution is -2.28. The Balaban J connectivity index is 1.80. The Morgan fingerprint density at radius 1 is 1.04 bits per heavy atom. The molecular formula is C22H24BrNO2. The minimum absolute atomic E-state index is 0.00487. The van der Waals surface area contributed by atoms with Crippen LogP contribution in [0.25, 0.3) is 6.08 Å². The average Bonchev–Trinajstić information content (AvgIpc) is 3.29. The van der Waals surface area contributed by atoms with Gasteiger partial charge in [0.2, 0.25) is 0 Å². The summed E-state index contributed by atoms with van der Waals surface area (Å²) >= 11 is 3.70. The molecule has 0 N–H and O–H groups in total. The molecule has 0 amide bonds. The summed E-state index contributed by atoms with van der Waals surface area (Å²) in [6, 6.07) is 20.0. The van der Waals surface area contributed by atoms with Crippen molar-refractivity contribution in [2.75, 3.05) is 0 Å². The number of carbonyl (C=O) groups excluding carboxylic acids is 1. The molecule has 136 valence electrons. The van der Waals surface area contributed by atoms with E-state index in [0.29, 0.717) is 6.54 Å². The predicted octanol–water partition coefficient (Wildman–Crippen LogP) is 5.02. The number of rotatable bonds is 5. The van der Waals surface area contributed by atoms with Gasteiger partial charge in [0.15, 0.2) is 0 Å². The molecule has 3 rings (SSSR count). The maximum absolute atomic E-state index is 12.7. The van der Waals surface area contributed by atoms with Crippen molar-refractivity contribution in [3.63, 3.8) is 0 Å². The molecule has 26 heavy (non-hydrogen) atoms. The Morgan fingerprint density at radius 3 is 2.19 bits per heavy atom. The van der Waals surface area contributed by atoms with E-state index in [1.165, 1.54) is 5.56 Å². The first-order chi connectivity index (χ1) is 12.3. The maximum atomic E-state index is 12.7. The number of halogens is 1. The van der Waals surface area contributed by atoms with E-state index in [4.69, 9.17) is 4.74 Å². The number of benzene rings is 2. The van der Waals surface area contributed by atoms with E-state index >= 15 is 0 Å². The van der Waals surface area contributed by atoms with Crippen molar-refractivity contribution in [2.24, 2.45) is 0 Å². The molecule has 1 aliphatic heterocycles. The molecule has 1 saturated heterocycles. The molecule has 1 aliphatic rings. The normalized spacial score (nSPS) is 22.8. The van der Waals surface area contributed by atoms with E-state index in [2.05, 4.69) is 39.0 Å². The zero-order valence-corrected chi connectivity index (χ0v) is 16.9. The second-order valence-corrected chi connectivity index (χ2v) is 8.44. The van der Waals surface area contributed by atoms with Crippen LogP contribution in [0.4, 0.5) is 0 Å². The monoisotopic (exact) mass is 413 g/mol. The molecule has 0 aliphatic carbocycles. The van der Waals surface area contributed by atoms with Gasteiger partial charge >= 0.3 is 5.97 Å². The highest BCUT2D eigenvalue weighted by Crippen LogP contribution is 2.40. The van der Waals surface area contributed by atoms with E-state index in [1.807, 2.05) is 69.3 Å². The number of hydrogen-bond acceptors (Lipinski definition) is 3. The molecule has 1 heterocycles. The van der Waals surface area contributed by atoms with E-state index in [9.17, 15) is 4.79 Å². The van der Waals surface area contributed by atoms with Crippen molar-refractivity contribution < 1.29 is 9.53 Å². The van der Waals surface area contributed by atoms with E-state index in [-0.39, 0.29) is 18.1 Å². The van der Waals surface area contributed by atoms with Crippen LogP contribution in [-0.4, -0.2) is 28.6 Å². The highest BCUT2D eigenvalue weighted by molar-refractivity contribution is 9.11. The summed E-state index contributed by atoms with van der Waals surface area (Å²) in [5.41, 5.74) is 1.80. The van der Waals surface area contributed by atoms with Crippen LogP contribution >= 0.6 is 15.9 Å². The van der Waals surface area contributed by atoms with Crippen molar-refractivity contribution >= 4 is 28.0 Å². The van der Waals surface area contributed by atoms with Crippen LogP contribution in [0, 0.1) is 0 Å². The van der Waals surface area contributed by atoms with Gasteiger partial charge in [-0.2, -0.15) is 0 Å². The predicted molar refractivity (Wildman–Crippen MR) is 109 cm³/mol. The molecule has 0 saturated carbocycles. The second kappa shape index (κ2) is 7.77. The Morgan fingerprint density at radius 2 is 1.62 bits per heavy atom. The molecule has 1 fully saturated rings. The van der Waals surface area contributed by atoms with Gasteiger partial charge in [-0.15, -0.1) is 0 Å². The molecule has 2 aromatic carbocycles. The standard InChI is InChI=1S/C22H24BrNO2/c1-22(2,3)26-21(25)20-19(18(23)14-16-10-6-4-7-11-16)24(20)15-17-12-8-5-9-13-17/h4-14,19-20H,15H2,1-3H3/b18-14-/t19?,20-,24?/m1/s1. The van der Waals surface area contributed by atoms with Crippen LogP contribution in [0.3, 0.4) is 0 Å². The highest BCUT2D eigenvalue weighted by Gasteiger charge is 2.55. The highest BCUT2D eigenvalue weighted by atomic mass is 79.9. The molecule has 0 bridgehead atoms. The van der Waals surface area contributed by atoms with Crippen molar-refractivity contribution in [3.05, 3.63) is 76.3 Å². The fraction of sp³-hybridized carbons (Fsp3) is 0.318. The van der Waals surface area contributed by atoms with Gasteiger partial charge in [0.25, 0.3) is 0 Å². The molecule has 2 unspecified atom stereocenters. The van der Waals surface area contributed by atoms with Gasteiger partial charge in [-0.05, 0) is 38.0 Å². The lowest BCUT2D eigenvalue weighted by molar-refractivity contribution is -0.155. The van der Waals surface area contributed by atoms with Gasteiger partial charge in [0.1, 0.15) is 11.6 Å².